The van der Waals surface area contributed by atoms with Gasteiger partial charge < -0.3 is 15.7 Å². The predicted molar refractivity (Wildman–Crippen MR) is 65.3 cm³/mol. The number of hydrogen-bond acceptors (Lipinski definition) is 5. The molecule has 1 aromatic heterocycles. The van der Waals surface area contributed by atoms with Gasteiger partial charge in [0.1, 0.15) is 6.54 Å². The van der Waals surface area contributed by atoms with Crippen molar-refractivity contribution in [3.05, 3.63) is 11.9 Å². The Balaban J connectivity index is 2.05. The van der Waals surface area contributed by atoms with E-state index in [0.717, 1.165) is 12.8 Å². The second kappa shape index (κ2) is 5.79. The first kappa shape index (κ1) is 13.5. The summed E-state index contributed by atoms with van der Waals surface area (Å²) in [6, 6.07) is 0. The Morgan fingerprint density at radius 1 is 1.53 bits per heavy atom. The number of nitrogens with two attached hydrogens (primary N) is 1. The van der Waals surface area contributed by atoms with Gasteiger partial charge in [-0.2, -0.15) is 0 Å². The van der Waals surface area contributed by atoms with Crippen LogP contribution in [0.25, 0.3) is 0 Å². The average Bonchev–Trinajstić information content (AvgIpc) is 3.04. The smallest absolute Gasteiger partial charge is 0.323 e. The highest BCUT2D eigenvalue weighted by atomic mass is 16.4. The molecule has 3 N–H and O–H groups in total. The average molecular weight is 267 g/mol. The van der Waals surface area contributed by atoms with Gasteiger partial charge in [0.05, 0.1) is 12.7 Å². The van der Waals surface area contributed by atoms with E-state index in [1.54, 1.807) is 0 Å². The third-order valence-corrected chi connectivity index (χ3v) is 2.90. The molecule has 0 spiro atoms. The zero-order valence-electron chi connectivity index (χ0n) is 10.5. The number of carbonyl (C=O) groups is 2. The van der Waals surface area contributed by atoms with Gasteiger partial charge in [0.25, 0.3) is 5.91 Å². The number of rotatable bonds is 7. The predicted octanol–water partition coefficient (Wildman–Crippen LogP) is -0.826. The molecule has 1 fully saturated rings. The maximum Gasteiger partial charge on any atom is 0.323 e. The molecule has 8 heteroatoms. The van der Waals surface area contributed by atoms with Crippen LogP contribution in [0.15, 0.2) is 6.20 Å². The van der Waals surface area contributed by atoms with Gasteiger partial charge in [0.15, 0.2) is 5.69 Å². The second-order valence-corrected chi connectivity index (χ2v) is 4.68. The zero-order valence-corrected chi connectivity index (χ0v) is 10.5. The molecule has 0 bridgehead atoms. The van der Waals surface area contributed by atoms with E-state index in [9.17, 15) is 9.59 Å². The van der Waals surface area contributed by atoms with Crippen molar-refractivity contribution in [1.29, 1.82) is 0 Å². The lowest BCUT2D eigenvalue weighted by Crippen LogP contribution is -2.37. The van der Waals surface area contributed by atoms with Crippen molar-refractivity contribution in [1.82, 2.24) is 19.9 Å². The Morgan fingerprint density at radius 3 is 2.84 bits per heavy atom. The minimum atomic E-state index is -1.02. The Labute approximate surface area is 110 Å². The summed E-state index contributed by atoms with van der Waals surface area (Å²) in [7, 11) is 0. The molecular weight excluding hydrogens is 250 g/mol. The van der Waals surface area contributed by atoms with Gasteiger partial charge in [-0.3, -0.25) is 14.3 Å². The fraction of sp³-hybridized carbons (Fsp3) is 0.636. The van der Waals surface area contributed by atoms with Crippen molar-refractivity contribution in [3.8, 4) is 0 Å². The molecule has 1 amide bonds. The van der Waals surface area contributed by atoms with Gasteiger partial charge >= 0.3 is 5.97 Å². The minimum absolute atomic E-state index is 0.162. The lowest BCUT2D eigenvalue weighted by molar-refractivity contribution is -0.137. The molecule has 1 aromatic rings. The monoisotopic (exact) mass is 267 g/mol. The Bertz CT molecular complexity index is 469. The summed E-state index contributed by atoms with van der Waals surface area (Å²) >= 11 is 0. The minimum Gasteiger partial charge on any atom is -0.480 e. The Kier molecular flexibility index (Phi) is 4.10. The summed E-state index contributed by atoms with van der Waals surface area (Å²) in [5, 5.41) is 16.4. The topological polar surface area (TPSA) is 114 Å². The molecule has 1 aliphatic rings. The van der Waals surface area contributed by atoms with E-state index in [2.05, 4.69) is 10.3 Å². The molecular formula is C11H17N5O3. The zero-order chi connectivity index (χ0) is 13.8. The largest absolute Gasteiger partial charge is 0.480 e. The van der Waals surface area contributed by atoms with Gasteiger partial charge in [-0.1, -0.05) is 5.21 Å². The van der Waals surface area contributed by atoms with Crippen LogP contribution in [0.3, 0.4) is 0 Å². The van der Waals surface area contributed by atoms with E-state index in [-0.39, 0.29) is 12.2 Å². The van der Waals surface area contributed by atoms with Crippen LogP contribution in [-0.2, 0) is 11.3 Å². The molecule has 8 nitrogen and oxygen atoms in total. The number of carbonyl (C=O) groups excluding carboxylic acids is 1. The molecule has 0 radical (unpaired) electrons. The summed E-state index contributed by atoms with van der Waals surface area (Å²) in [6.45, 7) is 1.04. The SMILES string of the molecule is NCCn1cc(C(=O)N(CC(=O)O)CC2CC2)nn1. The van der Waals surface area contributed by atoms with Gasteiger partial charge in [-0.25, -0.2) is 0 Å². The number of carboxylic acid groups (broad SMARTS) is 1. The van der Waals surface area contributed by atoms with Crippen molar-refractivity contribution in [2.24, 2.45) is 11.7 Å². The molecule has 19 heavy (non-hydrogen) atoms. The molecule has 1 heterocycles. The molecule has 0 atom stereocenters. The summed E-state index contributed by atoms with van der Waals surface area (Å²) in [5.74, 6) is -0.997. The van der Waals surface area contributed by atoms with E-state index >= 15 is 0 Å². The molecule has 1 saturated carbocycles. The summed E-state index contributed by atoms with van der Waals surface area (Å²) in [4.78, 5) is 24.3. The lowest BCUT2D eigenvalue weighted by atomic mass is 10.3. The molecule has 1 aliphatic carbocycles. The maximum atomic E-state index is 12.2. The maximum absolute atomic E-state index is 12.2. The summed E-state index contributed by atoms with van der Waals surface area (Å²) < 4.78 is 1.48. The first-order chi connectivity index (χ1) is 9.10. The third-order valence-electron chi connectivity index (χ3n) is 2.90. The van der Waals surface area contributed by atoms with Gasteiger partial charge in [0.2, 0.25) is 0 Å². The van der Waals surface area contributed by atoms with E-state index in [4.69, 9.17) is 10.8 Å². The standard InChI is InChI=1S/C11H17N5O3/c12-3-4-16-6-9(13-14-16)11(19)15(7-10(17)18)5-8-1-2-8/h6,8H,1-5,7,12H2,(H,17,18). The highest BCUT2D eigenvalue weighted by Crippen LogP contribution is 2.29. The van der Waals surface area contributed by atoms with Crippen molar-refractivity contribution >= 4 is 11.9 Å². The number of aliphatic carboxylic acids is 1. The normalized spacial score (nSPS) is 14.4. The molecule has 2 rings (SSSR count). The van der Waals surface area contributed by atoms with Gasteiger partial charge in [0, 0.05) is 13.1 Å². The Morgan fingerprint density at radius 2 is 2.26 bits per heavy atom. The van der Waals surface area contributed by atoms with Crippen molar-refractivity contribution in [3.63, 3.8) is 0 Å². The quantitative estimate of drug-likeness (QED) is 0.666. The molecule has 0 unspecified atom stereocenters. The third kappa shape index (κ3) is 3.75. The van der Waals surface area contributed by atoms with Crippen LogP contribution in [0.1, 0.15) is 23.3 Å². The molecule has 0 aromatic carbocycles. The van der Waals surface area contributed by atoms with Crippen LogP contribution in [-0.4, -0.2) is 56.5 Å². The van der Waals surface area contributed by atoms with Crippen LogP contribution in [0.4, 0.5) is 0 Å². The molecule has 0 aliphatic heterocycles. The van der Waals surface area contributed by atoms with Crippen LogP contribution in [0, 0.1) is 5.92 Å². The van der Waals surface area contributed by atoms with Gasteiger partial charge in [-0.05, 0) is 18.8 Å². The summed E-state index contributed by atoms with van der Waals surface area (Å²) in [5.41, 5.74) is 5.55. The first-order valence-electron chi connectivity index (χ1n) is 6.21. The highest BCUT2D eigenvalue weighted by Gasteiger charge is 2.29. The van der Waals surface area contributed by atoms with Crippen molar-refractivity contribution in [2.45, 2.75) is 19.4 Å². The lowest BCUT2D eigenvalue weighted by Gasteiger charge is -2.18. The number of aromatic nitrogens is 3. The fourth-order valence-electron chi connectivity index (χ4n) is 1.79. The number of nitrogens with zero attached hydrogens (tertiary/aromatic N) is 4. The van der Waals surface area contributed by atoms with E-state index < -0.39 is 11.9 Å². The highest BCUT2D eigenvalue weighted by molar-refractivity contribution is 5.93. The van der Waals surface area contributed by atoms with Crippen LogP contribution in [0.5, 0.6) is 0 Å². The van der Waals surface area contributed by atoms with Crippen molar-refractivity contribution < 1.29 is 14.7 Å². The van der Waals surface area contributed by atoms with Crippen LogP contribution < -0.4 is 5.73 Å². The summed E-state index contributed by atoms with van der Waals surface area (Å²) in [6.07, 6.45) is 3.59. The molecule has 0 saturated heterocycles. The number of hydrogen-bond donors (Lipinski definition) is 2. The van der Waals surface area contributed by atoms with E-state index in [1.165, 1.54) is 15.8 Å². The van der Waals surface area contributed by atoms with Gasteiger partial charge in [-0.15, -0.1) is 5.10 Å². The molecule has 104 valence electrons. The first-order valence-corrected chi connectivity index (χ1v) is 6.21. The number of carboxylic acids is 1. The Hall–Kier alpha value is -1.96. The van der Waals surface area contributed by atoms with Crippen molar-refractivity contribution in [2.75, 3.05) is 19.6 Å². The number of amides is 1. The van der Waals surface area contributed by atoms with Crippen LogP contribution >= 0.6 is 0 Å². The second-order valence-electron chi connectivity index (χ2n) is 4.68. The van der Waals surface area contributed by atoms with E-state index in [1.807, 2.05) is 0 Å². The van der Waals surface area contributed by atoms with Crippen LogP contribution in [0.2, 0.25) is 0 Å². The fourth-order valence-corrected chi connectivity index (χ4v) is 1.79. The van der Waals surface area contributed by atoms with E-state index in [0.29, 0.717) is 25.6 Å².